The minimum absolute atomic E-state index is 0.0827. The first-order valence-electron chi connectivity index (χ1n) is 11.5. The van der Waals surface area contributed by atoms with Crippen molar-refractivity contribution in [1.29, 1.82) is 0 Å². The summed E-state index contributed by atoms with van der Waals surface area (Å²) in [4.78, 5) is 31.3. The molecule has 4 heterocycles. The number of anilines is 1. The van der Waals surface area contributed by atoms with Gasteiger partial charge in [0.15, 0.2) is 5.82 Å². The summed E-state index contributed by atoms with van der Waals surface area (Å²) in [7, 11) is 0. The predicted molar refractivity (Wildman–Crippen MR) is 124 cm³/mol. The van der Waals surface area contributed by atoms with Crippen LogP contribution in [0.4, 0.5) is 15.0 Å². The highest BCUT2D eigenvalue weighted by atomic mass is 19.1. The molecule has 2 aliphatic heterocycles. The molecule has 0 saturated heterocycles. The topological polar surface area (TPSA) is 105 Å². The van der Waals surface area contributed by atoms with Crippen molar-refractivity contribution in [2.45, 2.75) is 45.7 Å². The molecule has 176 valence electrons. The normalized spacial score (nSPS) is 16.7. The highest BCUT2D eigenvalue weighted by Gasteiger charge is 2.26. The molecular formula is C24H26FN7O2. The van der Waals surface area contributed by atoms with E-state index in [1.165, 1.54) is 12.1 Å². The third kappa shape index (κ3) is 4.00. The molecule has 0 fully saturated rings. The van der Waals surface area contributed by atoms with Crippen LogP contribution in [0, 0.1) is 5.82 Å². The van der Waals surface area contributed by atoms with Gasteiger partial charge in [0.05, 0.1) is 5.56 Å². The molecule has 0 radical (unpaired) electrons. The van der Waals surface area contributed by atoms with E-state index in [0.717, 1.165) is 29.8 Å². The van der Waals surface area contributed by atoms with Crippen LogP contribution >= 0.6 is 0 Å². The number of hydrogen-bond acceptors (Lipinski definition) is 5. The first-order chi connectivity index (χ1) is 16.4. The Bertz CT molecular complexity index is 1270. The standard InChI is InChI=1S/C24H26FN7O2/c1-3-26-24(34)31-10-9-15-12-18(25)17(11-16(15)13-31)23(33)28-20-6-4-5-19(27-20)22-30-29-21-8-7-14(2)32(21)22/h4-6,11-12,14H,3,7-10,13H2,1-2H3,(H,26,34)(H,27,28,33)/t14-/m1/s1. The lowest BCUT2D eigenvalue weighted by Gasteiger charge is -2.29. The van der Waals surface area contributed by atoms with E-state index in [9.17, 15) is 14.0 Å². The van der Waals surface area contributed by atoms with Crippen LogP contribution in [0.5, 0.6) is 0 Å². The molecule has 2 aromatic heterocycles. The van der Waals surface area contributed by atoms with Crippen LogP contribution in [0.1, 0.15) is 53.6 Å². The molecule has 5 rings (SSSR count). The lowest BCUT2D eigenvalue weighted by atomic mass is 9.96. The van der Waals surface area contributed by atoms with Crippen molar-refractivity contribution in [2.24, 2.45) is 0 Å². The third-order valence-corrected chi connectivity index (χ3v) is 6.37. The lowest BCUT2D eigenvalue weighted by Crippen LogP contribution is -2.42. The van der Waals surface area contributed by atoms with Crippen molar-refractivity contribution >= 4 is 17.8 Å². The number of carbonyl (C=O) groups is 2. The van der Waals surface area contributed by atoms with Crippen molar-refractivity contribution in [1.82, 2.24) is 30.0 Å². The van der Waals surface area contributed by atoms with Gasteiger partial charge >= 0.3 is 6.03 Å². The van der Waals surface area contributed by atoms with E-state index < -0.39 is 11.7 Å². The molecule has 0 bridgehead atoms. The van der Waals surface area contributed by atoms with Crippen molar-refractivity contribution in [3.8, 4) is 11.5 Å². The summed E-state index contributed by atoms with van der Waals surface area (Å²) in [6, 6.07) is 8.27. The fourth-order valence-electron chi connectivity index (χ4n) is 4.60. The van der Waals surface area contributed by atoms with E-state index in [2.05, 4.69) is 37.3 Å². The van der Waals surface area contributed by atoms with Crippen molar-refractivity contribution in [3.05, 3.63) is 58.7 Å². The van der Waals surface area contributed by atoms with Gasteiger partial charge in [0, 0.05) is 32.1 Å². The van der Waals surface area contributed by atoms with Crippen LogP contribution in [-0.2, 0) is 19.4 Å². The monoisotopic (exact) mass is 463 g/mol. The zero-order chi connectivity index (χ0) is 23.8. The Morgan fingerprint density at radius 2 is 2.03 bits per heavy atom. The Hall–Kier alpha value is -3.82. The number of nitrogens with one attached hydrogen (secondary N) is 2. The maximum Gasteiger partial charge on any atom is 0.317 e. The number of aryl methyl sites for hydroxylation is 1. The molecule has 3 amide bonds. The molecule has 1 atom stereocenters. The van der Waals surface area contributed by atoms with Crippen LogP contribution in [0.15, 0.2) is 30.3 Å². The molecule has 2 aliphatic rings. The second-order valence-corrected chi connectivity index (χ2v) is 8.67. The second-order valence-electron chi connectivity index (χ2n) is 8.67. The molecule has 0 saturated carbocycles. The van der Waals surface area contributed by atoms with Crippen molar-refractivity contribution in [2.75, 3.05) is 18.4 Å². The number of carbonyl (C=O) groups excluding carboxylic acids is 2. The van der Waals surface area contributed by atoms with Crippen LogP contribution in [0.2, 0.25) is 0 Å². The highest BCUT2D eigenvalue weighted by molar-refractivity contribution is 6.04. The summed E-state index contributed by atoms with van der Waals surface area (Å²) in [5.41, 5.74) is 2.08. The number of fused-ring (bicyclic) bond motifs is 2. The molecule has 34 heavy (non-hydrogen) atoms. The number of pyridine rings is 1. The smallest absolute Gasteiger partial charge is 0.317 e. The minimum atomic E-state index is -0.597. The molecular weight excluding hydrogens is 437 g/mol. The fraction of sp³-hybridized carbons (Fsp3) is 0.375. The van der Waals surface area contributed by atoms with Crippen molar-refractivity contribution in [3.63, 3.8) is 0 Å². The molecule has 9 nitrogen and oxygen atoms in total. The van der Waals surface area contributed by atoms with E-state index in [1.54, 1.807) is 17.0 Å². The summed E-state index contributed by atoms with van der Waals surface area (Å²) in [5, 5.41) is 14.0. The van der Waals surface area contributed by atoms with Gasteiger partial charge in [0.2, 0.25) is 0 Å². The zero-order valence-electron chi connectivity index (χ0n) is 19.1. The number of amides is 3. The minimum Gasteiger partial charge on any atom is -0.338 e. The average Bonchev–Trinajstić information content (AvgIpc) is 3.41. The first kappa shape index (κ1) is 22.0. The van der Waals surface area contributed by atoms with Crippen LogP contribution in [0.25, 0.3) is 11.5 Å². The van der Waals surface area contributed by atoms with E-state index in [1.807, 2.05) is 13.0 Å². The number of halogens is 1. The van der Waals surface area contributed by atoms with E-state index in [0.29, 0.717) is 43.4 Å². The molecule has 0 unspecified atom stereocenters. The van der Waals surface area contributed by atoms with Crippen LogP contribution in [0.3, 0.4) is 0 Å². The number of benzene rings is 1. The maximum atomic E-state index is 14.8. The zero-order valence-corrected chi connectivity index (χ0v) is 19.1. The average molecular weight is 464 g/mol. The molecule has 10 heteroatoms. The Morgan fingerprint density at radius 1 is 1.18 bits per heavy atom. The van der Waals surface area contributed by atoms with Gasteiger partial charge in [-0.3, -0.25) is 4.79 Å². The third-order valence-electron chi connectivity index (χ3n) is 6.37. The summed E-state index contributed by atoms with van der Waals surface area (Å²) >= 11 is 0. The van der Waals surface area contributed by atoms with Gasteiger partial charge in [-0.15, -0.1) is 10.2 Å². The summed E-state index contributed by atoms with van der Waals surface area (Å²) < 4.78 is 16.9. The Labute approximate surface area is 196 Å². The fourth-order valence-corrected chi connectivity index (χ4v) is 4.60. The Kier molecular flexibility index (Phi) is 5.72. The largest absolute Gasteiger partial charge is 0.338 e. The molecule has 0 aliphatic carbocycles. The molecule has 0 spiro atoms. The van der Waals surface area contributed by atoms with Crippen LogP contribution < -0.4 is 10.6 Å². The first-order valence-corrected chi connectivity index (χ1v) is 11.5. The van der Waals surface area contributed by atoms with Crippen LogP contribution in [-0.4, -0.2) is 49.7 Å². The van der Waals surface area contributed by atoms with Gasteiger partial charge < -0.3 is 20.1 Å². The molecule has 3 aromatic rings. The Balaban J connectivity index is 1.37. The second kappa shape index (κ2) is 8.85. The van der Waals surface area contributed by atoms with Gasteiger partial charge in [-0.1, -0.05) is 6.07 Å². The van der Waals surface area contributed by atoms with Crippen molar-refractivity contribution < 1.29 is 14.0 Å². The SMILES string of the molecule is CCNC(=O)N1CCc2cc(F)c(C(=O)Nc3cccc(-c4nnc5n4[C@H](C)CC5)n3)cc2C1. The quantitative estimate of drug-likeness (QED) is 0.618. The van der Waals surface area contributed by atoms with Gasteiger partial charge in [0.1, 0.15) is 23.2 Å². The van der Waals surface area contributed by atoms with Gasteiger partial charge in [0.25, 0.3) is 5.91 Å². The lowest BCUT2D eigenvalue weighted by molar-refractivity contribution is 0.102. The Morgan fingerprint density at radius 3 is 2.85 bits per heavy atom. The highest BCUT2D eigenvalue weighted by Crippen LogP contribution is 2.30. The van der Waals surface area contributed by atoms with E-state index >= 15 is 0 Å². The molecule has 1 aromatic carbocycles. The summed E-state index contributed by atoms with van der Waals surface area (Å²) in [6.45, 7) is 5.33. The summed E-state index contributed by atoms with van der Waals surface area (Å²) in [6.07, 6.45) is 2.42. The van der Waals surface area contributed by atoms with Gasteiger partial charge in [-0.2, -0.15) is 0 Å². The number of aromatic nitrogens is 4. The van der Waals surface area contributed by atoms with Gasteiger partial charge in [-0.05, 0) is 62.1 Å². The maximum absolute atomic E-state index is 14.8. The summed E-state index contributed by atoms with van der Waals surface area (Å²) in [5.74, 6) is 0.687. The predicted octanol–water partition coefficient (Wildman–Crippen LogP) is 3.33. The van der Waals surface area contributed by atoms with E-state index in [-0.39, 0.29) is 17.6 Å². The number of nitrogens with zero attached hydrogens (tertiary/aromatic N) is 5. The number of urea groups is 1. The van der Waals surface area contributed by atoms with Gasteiger partial charge in [-0.25, -0.2) is 14.2 Å². The van der Waals surface area contributed by atoms with E-state index in [4.69, 9.17) is 0 Å². The number of rotatable bonds is 4. The molecule has 2 N–H and O–H groups in total. The number of hydrogen-bond donors (Lipinski definition) is 2.